The van der Waals surface area contributed by atoms with Crippen molar-refractivity contribution in [2.45, 2.75) is 32.2 Å². The molecule has 1 atom stereocenters. The Morgan fingerprint density at radius 1 is 1.32 bits per heavy atom. The Morgan fingerprint density at radius 2 is 2.16 bits per heavy atom. The van der Waals surface area contributed by atoms with E-state index in [1.54, 1.807) is 24.1 Å². The second-order valence-electron chi connectivity index (χ2n) is 7.17. The van der Waals surface area contributed by atoms with Crippen LogP contribution in [-0.2, 0) is 11.3 Å². The summed E-state index contributed by atoms with van der Waals surface area (Å²) in [6.45, 7) is 3.62. The molecule has 3 rings (SSSR count). The highest BCUT2D eigenvalue weighted by molar-refractivity contribution is 5.84. The van der Waals surface area contributed by atoms with Gasteiger partial charge in [0.1, 0.15) is 11.6 Å². The maximum atomic E-state index is 14.1. The summed E-state index contributed by atoms with van der Waals surface area (Å²) in [6, 6.07) is 4.66. The van der Waals surface area contributed by atoms with Crippen LogP contribution in [0.5, 0.6) is 5.75 Å². The molecule has 0 radical (unpaired) electrons. The van der Waals surface area contributed by atoms with Gasteiger partial charge in [-0.15, -0.1) is 0 Å². The van der Waals surface area contributed by atoms with E-state index < -0.39 is 0 Å². The highest BCUT2D eigenvalue weighted by Gasteiger charge is 2.48. The SMILES string of the molecule is COc1ccc(F)c(CN2CCCC3(CCN(CCCO)C3)C2=O)c1. The summed E-state index contributed by atoms with van der Waals surface area (Å²) in [5.41, 5.74) is 0.170. The topological polar surface area (TPSA) is 53.0 Å². The predicted molar refractivity (Wildman–Crippen MR) is 92.8 cm³/mol. The highest BCUT2D eigenvalue weighted by Crippen LogP contribution is 2.40. The Kier molecular flexibility index (Phi) is 5.59. The molecule has 2 saturated heterocycles. The minimum Gasteiger partial charge on any atom is -0.497 e. The van der Waals surface area contributed by atoms with Gasteiger partial charge in [0, 0.05) is 38.3 Å². The number of nitrogens with zero attached hydrogens (tertiary/aromatic N) is 2. The third-order valence-electron chi connectivity index (χ3n) is 5.50. The average Bonchev–Trinajstić information content (AvgIpc) is 3.03. The molecule has 0 aromatic heterocycles. The molecular weight excluding hydrogens is 323 g/mol. The Bertz CT molecular complexity index is 625. The van der Waals surface area contributed by atoms with Gasteiger partial charge < -0.3 is 19.6 Å². The number of hydrogen-bond acceptors (Lipinski definition) is 4. The summed E-state index contributed by atoms with van der Waals surface area (Å²) >= 11 is 0. The lowest BCUT2D eigenvalue weighted by Gasteiger charge is -2.39. The summed E-state index contributed by atoms with van der Waals surface area (Å²) < 4.78 is 19.3. The molecule has 1 spiro atoms. The maximum absolute atomic E-state index is 14.1. The van der Waals surface area contributed by atoms with Gasteiger partial charge in [0.05, 0.1) is 12.5 Å². The molecule has 25 heavy (non-hydrogen) atoms. The lowest BCUT2D eigenvalue weighted by molar-refractivity contribution is -0.146. The van der Waals surface area contributed by atoms with E-state index in [4.69, 9.17) is 9.84 Å². The third kappa shape index (κ3) is 3.80. The molecule has 0 saturated carbocycles. The van der Waals surface area contributed by atoms with Gasteiger partial charge in [-0.05, 0) is 50.4 Å². The number of amides is 1. The maximum Gasteiger partial charge on any atom is 0.230 e. The zero-order valence-electron chi connectivity index (χ0n) is 14.8. The van der Waals surface area contributed by atoms with Crippen LogP contribution >= 0.6 is 0 Å². The smallest absolute Gasteiger partial charge is 0.230 e. The van der Waals surface area contributed by atoms with Gasteiger partial charge in [-0.2, -0.15) is 0 Å². The minimum atomic E-state index is -0.330. The number of piperidine rings is 1. The molecule has 2 aliphatic heterocycles. The molecule has 0 aliphatic carbocycles. The van der Waals surface area contributed by atoms with Gasteiger partial charge >= 0.3 is 0 Å². The number of carbonyl (C=O) groups excluding carboxylic acids is 1. The van der Waals surface area contributed by atoms with Crippen molar-refractivity contribution in [1.29, 1.82) is 0 Å². The van der Waals surface area contributed by atoms with E-state index in [0.29, 0.717) is 24.4 Å². The van der Waals surface area contributed by atoms with Gasteiger partial charge in [-0.1, -0.05) is 0 Å². The quantitative estimate of drug-likeness (QED) is 0.853. The third-order valence-corrected chi connectivity index (χ3v) is 5.50. The van der Waals surface area contributed by atoms with E-state index in [9.17, 15) is 9.18 Å². The van der Waals surface area contributed by atoms with Crippen LogP contribution in [0.1, 0.15) is 31.2 Å². The molecular formula is C19H27FN2O3. The Morgan fingerprint density at radius 3 is 2.92 bits per heavy atom. The summed E-state index contributed by atoms with van der Waals surface area (Å²) in [5.74, 6) is 0.448. The van der Waals surface area contributed by atoms with Crippen LogP contribution in [0.15, 0.2) is 18.2 Å². The van der Waals surface area contributed by atoms with Crippen LogP contribution < -0.4 is 4.74 Å². The number of benzene rings is 1. The first-order chi connectivity index (χ1) is 12.1. The lowest BCUT2D eigenvalue weighted by atomic mass is 9.78. The van der Waals surface area contributed by atoms with Gasteiger partial charge in [0.2, 0.25) is 5.91 Å². The van der Waals surface area contributed by atoms with Crippen LogP contribution in [0.4, 0.5) is 4.39 Å². The van der Waals surface area contributed by atoms with Gasteiger partial charge in [0.15, 0.2) is 0 Å². The fraction of sp³-hybridized carbons (Fsp3) is 0.632. The Hall–Kier alpha value is -1.66. The summed E-state index contributed by atoms with van der Waals surface area (Å²) in [4.78, 5) is 17.2. The molecule has 1 aromatic carbocycles. The molecule has 6 heteroatoms. The fourth-order valence-electron chi connectivity index (χ4n) is 4.13. The van der Waals surface area contributed by atoms with E-state index in [2.05, 4.69) is 4.90 Å². The molecule has 2 aliphatic rings. The van der Waals surface area contributed by atoms with Gasteiger partial charge in [-0.25, -0.2) is 4.39 Å². The van der Waals surface area contributed by atoms with Gasteiger partial charge in [-0.3, -0.25) is 4.79 Å². The van der Waals surface area contributed by atoms with E-state index in [0.717, 1.165) is 45.3 Å². The fourth-order valence-corrected chi connectivity index (χ4v) is 4.13. The normalized spacial score (nSPS) is 24.3. The van der Waals surface area contributed by atoms with E-state index in [1.807, 2.05) is 0 Å². The first-order valence-corrected chi connectivity index (χ1v) is 9.03. The van der Waals surface area contributed by atoms with Crippen LogP contribution in [0, 0.1) is 11.2 Å². The van der Waals surface area contributed by atoms with Crippen molar-refractivity contribution in [1.82, 2.24) is 9.80 Å². The second kappa shape index (κ2) is 7.70. The average molecular weight is 350 g/mol. The number of aliphatic hydroxyl groups is 1. The monoisotopic (exact) mass is 350 g/mol. The summed E-state index contributed by atoms with van der Waals surface area (Å²) in [7, 11) is 1.55. The first-order valence-electron chi connectivity index (χ1n) is 9.03. The second-order valence-corrected chi connectivity index (χ2v) is 7.17. The molecule has 1 amide bonds. The van der Waals surface area contributed by atoms with Crippen molar-refractivity contribution in [2.24, 2.45) is 5.41 Å². The Labute approximate surface area is 148 Å². The molecule has 1 unspecified atom stereocenters. The highest BCUT2D eigenvalue weighted by atomic mass is 19.1. The number of ether oxygens (including phenoxy) is 1. The van der Waals surface area contributed by atoms with Gasteiger partial charge in [0.25, 0.3) is 0 Å². The number of likely N-dealkylation sites (tertiary alicyclic amines) is 2. The summed E-state index contributed by atoms with van der Waals surface area (Å²) in [5, 5.41) is 9.01. The van der Waals surface area contributed by atoms with Crippen molar-refractivity contribution in [3.8, 4) is 5.75 Å². The molecule has 1 N–H and O–H groups in total. The van der Waals surface area contributed by atoms with E-state index in [1.165, 1.54) is 6.07 Å². The predicted octanol–water partition coefficient (Wildman–Crippen LogP) is 2.03. The zero-order chi connectivity index (χ0) is 17.9. The first kappa shape index (κ1) is 18.1. The van der Waals surface area contributed by atoms with E-state index in [-0.39, 0.29) is 23.7 Å². The molecule has 138 valence electrons. The molecule has 2 fully saturated rings. The number of hydrogen-bond donors (Lipinski definition) is 1. The molecule has 5 nitrogen and oxygen atoms in total. The number of carbonyl (C=O) groups is 1. The van der Waals surface area contributed by atoms with E-state index >= 15 is 0 Å². The van der Waals surface area contributed by atoms with Crippen molar-refractivity contribution in [3.63, 3.8) is 0 Å². The van der Waals surface area contributed by atoms with Crippen molar-refractivity contribution >= 4 is 5.91 Å². The van der Waals surface area contributed by atoms with Crippen LogP contribution in [-0.4, -0.2) is 60.7 Å². The molecule has 2 heterocycles. The lowest BCUT2D eigenvalue weighted by Crippen LogP contribution is -2.49. The van der Waals surface area contributed by atoms with Crippen LogP contribution in [0.3, 0.4) is 0 Å². The van der Waals surface area contributed by atoms with Crippen LogP contribution in [0.2, 0.25) is 0 Å². The van der Waals surface area contributed by atoms with Crippen molar-refractivity contribution in [2.75, 3.05) is 39.9 Å². The van der Waals surface area contributed by atoms with Crippen molar-refractivity contribution < 1.29 is 19.0 Å². The van der Waals surface area contributed by atoms with Crippen LogP contribution in [0.25, 0.3) is 0 Å². The molecule has 0 bridgehead atoms. The number of halogens is 1. The number of methoxy groups -OCH3 is 1. The zero-order valence-corrected chi connectivity index (χ0v) is 14.8. The Balaban J connectivity index is 1.71. The standard InChI is InChI=1S/C19H27FN2O3/c1-25-16-4-5-17(20)15(12-16)13-22-9-2-6-19(18(22)24)7-10-21(14-19)8-3-11-23/h4-5,12,23H,2-3,6-11,13-14H2,1H3. The number of aliphatic hydroxyl groups excluding tert-OH is 1. The summed E-state index contributed by atoms with van der Waals surface area (Å²) in [6.07, 6.45) is 3.45. The van der Waals surface area contributed by atoms with Crippen molar-refractivity contribution in [3.05, 3.63) is 29.6 Å². The molecule has 1 aromatic rings. The largest absolute Gasteiger partial charge is 0.497 e. The number of rotatable bonds is 6. The minimum absolute atomic E-state index is 0.146.